The van der Waals surface area contributed by atoms with E-state index in [0.717, 1.165) is 10.2 Å². The topological polar surface area (TPSA) is 85.1 Å². The standard InChI is InChI=1S/C8H12BrN3O2S/c9-7-6-11-4-2-8(7)12-3-1-5-15(10,13)14/h2,4,6H,1,3,5H2,(H,11,12)(H2,10,13,14). The highest BCUT2D eigenvalue weighted by Gasteiger charge is 2.02. The molecule has 0 saturated carbocycles. The SMILES string of the molecule is NS(=O)(=O)CCCNc1ccncc1Br. The number of primary sulfonamides is 1. The average molecular weight is 294 g/mol. The van der Waals surface area contributed by atoms with Crippen LogP contribution in [0.5, 0.6) is 0 Å². The van der Waals surface area contributed by atoms with Crippen molar-refractivity contribution in [1.82, 2.24) is 4.98 Å². The summed E-state index contributed by atoms with van der Waals surface area (Å²) in [5.41, 5.74) is 0.888. The second-order valence-electron chi connectivity index (χ2n) is 3.00. The summed E-state index contributed by atoms with van der Waals surface area (Å²) in [5, 5.41) is 7.95. The number of hydrogen-bond donors (Lipinski definition) is 2. The molecule has 1 aromatic rings. The van der Waals surface area contributed by atoms with Gasteiger partial charge in [-0.15, -0.1) is 0 Å². The van der Waals surface area contributed by atoms with Gasteiger partial charge < -0.3 is 5.32 Å². The Balaban J connectivity index is 2.36. The first kappa shape index (κ1) is 12.4. The van der Waals surface area contributed by atoms with Crippen molar-refractivity contribution < 1.29 is 8.42 Å². The molecule has 3 N–H and O–H groups in total. The van der Waals surface area contributed by atoms with Gasteiger partial charge in [0.1, 0.15) is 0 Å². The molecular formula is C8H12BrN3O2S. The van der Waals surface area contributed by atoms with Crippen molar-refractivity contribution in [3.05, 3.63) is 22.9 Å². The average Bonchev–Trinajstić information content (AvgIpc) is 2.13. The zero-order valence-corrected chi connectivity index (χ0v) is 10.4. The van der Waals surface area contributed by atoms with Gasteiger partial charge in [0, 0.05) is 18.9 Å². The van der Waals surface area contributed by atoms with Crippen LogP contribution in [0.4, 0.5) is 5.69 Å². The van der Waals surface area contributed by atoms with Crippen LogP contribution in [0.1, 0.15) is 6.42 Å². The minimum Gasteiger partial charge on any atom is -0.384 e. The summed E-state index contributed by atoms with van der Waals surface area (Å²) in [6, 6.07) is 1.81. The summed E-state index contributed by atoms with van der Waals surface area (Å²) in [7, 11) is -3.35. The summed E-state index contributed by atoms with van der Waals surface area (Å²) < 4.78 is 22.1. The summed E-state index contributed by atoms with van der Waals surface area (Å²) in [6.07, 6.45) is 3.81. The molecule has 0 atom stereocenters. The maximum Gasteiger partial charge on any atom is 0.209 e. The monoisotopic (exact) mass is 293 g/mol. The zero-order chi connectivity index (χ0) is 11.3. The van der Waals surface area contributed by atoms with Crippen LogP contribution < -0.4 is 10.5 Å². The number of aromatic nitrogens is 1. The smallest absolute Gasteiger partial charge is 0.209 e. The molecule has 15 heavy (non-hydrogen) atoms. The highest BCUT2D eigenvalue weighted by molar-refractivity contribution is 9.10. The van der Waals surface area contributed by atoms with Gasteiger partial charge >= 0.3 is 0 Å². The van der Waals surface area contributed by atoms with Crippen molar-refractivity contribution in [3.63, 3.8) is 0 Å². The molecule has 0 spiro atoms. The number of nitrogens with zero attached hydrogens (tertiary/aromatic N) is 1. The number of nitrogens with two attached hydrogens (primary N) is 1. The Hall–Kier alpha value is -0.660. The molecule has 0 fully saturated rings. The van der Waals surface area contributed by atoms with Gasteiger partial charge in [-0.3, -0.25) is 4.98 Å². The second-order valence-corrected chi connectivity index (χ2v) is 5.59. The Labute approximate surface area is 97.3 Å². The maximum atomic E-state index is 10.6. The van der Waals surface area contributed by atoms with Crippen molar-refractivity contribution in [2.75, 3.05) is 17.6 Å². The molecule has 0 bridgehead atoms. The Morgan fingerprint density at radius 2 is 2.27 bits per heavy atom. The summed E-state index contributed by atoms with van der Waals surface area (Å²) >= 11 is 3.32. The van der Waals surface area contributed by atoms with E-state index >= 15 is 0 Å². The molecule has 84 valence electrons. The molecule has 0 aliphatic rings. The first-order valence-electron chi connectivity index (χ1n) is 4.33. The number of halogens is 1. The number of sulfonamides is 1. The molecule has 7 heteroatoms. The predicted octanol–water partition coefficient (Wildman–Crippen LogP) is 0.935. The lowest BCUT2D eigenvalue weighted by atomic mass is 10.4. The van der Waals surface area contributed by atoms with Crippen molar-refractivity contribution in [3.8, 4) is 0 Å². The highest BCUT2D eigenvalue weighted by Crippen LogP contribution is 2.19. The molecule has 1 aromatic heterocycles. The molecule has 5 nitrogen and oxygen atoms in total. The van der Waals surface area contributed by atoms with Crippen LogP contribution in [-0.2, 0) is 10.0 Å². The van der Waals surface area contributed by atoms with E-state index in [0.29, 0.717) is 13.0 Å². The number of hydrogen-bond acceptors (Lipinski definition) is 4. The second kappa shape index (κ2) is 5.43. The van der Waals surface area contributed by atoms with Crippen molar-refractivity contribution in [1.29, 1.82) is 0 Å². The van der Waals surface area contributed by atoms with Crippen LogP contribution in [-0.4, -0.2) is 25.7 Å². The van der Waals surface area contributed by atoms with E-state index in [1.54, 1.807) is 18.5 Å². The molecule has 0 radical (unpaired) electrons. The van der Waals surface area contributed by atoms with Crippen LogP contribution in [0.2, 0.25) is 0 Å². The van der Waals surface area contributed by atoms with E-state index in [-0.39, 0.29) is 5.75 Å². The Bertz CT molecular complexity index is 422. The first-order chi connectivity index (χ1) is 6.99. The Morgan fingerprint density at radius 1 is 1.53 bits per heavy atom. The van der Waals surface area contributed by atoms with E-state index < -0.39 is 10.0 Å². The normalized spacial score (nSPS) is 11.3. The number of anilines is 1. The van der Waals surface area contributed by atoms with Gasteiger partial charge in [0.05, 0.1) is 15.9 Å². The van der Waals surface area contributed by atoms with E-state index in [1.807, 2.05) is 0 Å². The molecular weight excluding hydrogens is 282 g/mol. The van der Waals surface area contributed by atoms with E-state index in [2.05, 4.69) is 26.2 Å². The minimum atomic E-state index is -3.35. The molecule has 1 heterocycles. The number of rotatable bonds is 5. The lowest BCUT2D eigenvalue weighted by Crippen LogP contribution is -2.18. The predicted molar refractivity (Wildman–Crippen MR) is 63.0 cm³/mol. The van der Waals surface area contributed by atoms with Crippen LogP contribution in [0.3, 0.4) is 0 Å². The van der Waals surface area contributed by atoms with Crippen LogP contribution in [0, 0.1) is 0 Å². The molecule has 0 saturated heterocycles. The van der Waals surface area contributed by atoms with E-state index in [9.17, 15) is 8.42 Å². The molecule has 0 aliphatic heterocycles. The third kappa shape index (κ3) is 5.10. The highest BCUT2D eigenvalue weighted by atomic mass is 79.9. The Kier molecular flexibility index (Phi) is 4.49. The fourth-order valence-electron chi connectivity index (χ4n) is 1.01. The van der Waals surface area contributed by atoms with Gasteiger partial charge in [0.2, 0.25) is 10.0 Å². The quantitative estimate of drug-likeness (QED) is 0.791. The molecule has 1 rings (SSSR count). The van der Waals surface area contributed by atoms with Gasteiger partial charge in [-0.1, -0.05) is 0 Å². The van der Waals surface area contributed by atoms with Gasteiger partial charge in [-0.05, 0) is 28.4 Å². The number of nitrogens with one attached hydrogen (secondary N) is 1. The maximum absolute atomic E-state index is 10.6. The summed E-state index contributed by atoms with van der Waals surface area (Å²) in [6.45, 7) is 0.555. The largest absolute Gasteiger partial charge is 0.384 e. The van der Waals surface area contributed by atoms with Gasteiger partial charge in [0.15, 0.2) is 0 Å². The fourth-order valence-corrected chi connectivity index (χ4v) is 1.95. The van der Waals surface area contributed by atoms with Gasteiger partial charge in [-0.25, -0.2) is 13.6 Å². The molecule has 0 aromatic carbocycles. The molecule has 0 amide bonds. The molecule has 0 unspecified atom stereocenters. The first-order valence-corrected chi connectivity index (χ1v) is 6.84. The Morgan fingerprint density at radius 3 is 2.87 bits per heavy atom. The van der Waals surface area contributed by atoms with Crippen LogP contribution >= 0.6 is 15.9 Å². The number of pyridine rings is 1. The fraction of sp³-hybridized carbons (Fsp3) is 0.375. The lowest BCUT2D eigenvalue weighted by Gasteiger charge is -2.06. The third-order valence-corrected chi connectivity index (χ3v) is 3.18. The van der Waals surface area contributed by atoms with Gasteiger partial charge in [-0.2, -0.15) is 0 Å². The van der Waals surface area contributed by atoms with Crippen molar-refractivity contribution >= 4 is 31.6 Å². The summed E-state index contributed by atoms with van der Waals surface area (Å²) in [5.74, 6) is -0.0112. The van der Waals surface area contributed by atoms with E-state index in [1.165, 1.54) is 0 Å². The van der Waals surface area contributed by atoms with Crippen molar-refractivity contribution in [2.24, 2.45) is 5.14 Å². The zero-order valence-electron chi connectivity index (χ0n) is 7.98. The van der Waals surface area contributed by atoms with Gasteiger partial charge in [0.25, 0.3) is 0 Å². The van der Waals surface area contributed by atoms with Crippen LogP contribution in [0.25, 0.3) is 0 Å². The van der Waals surface area contributed by atoms with E-state index in [4.69, 9.17) is 5.14 Å². The lowest BCUT2D eigenvalue weighted by molar-refractivity contribution is 0.596. The minimum absolute atomic E-state index is 0.0112. The molecule has 0 aliphatic carbocycles. The summed E-state index contributed by atoms with van der Waals surface area (Å²) in [4.78, 5) is 3.91. The van der Waals surface area contributed by atoms with Crippen molar-refractivity contribution in [2.45, 2.75) is 6.42 Å². The van der Waals surface area contributed by atoms with Crippen LogP contribution in [0.15, 0.2) is 22.9 Å². The third-order valence-electron chi connectivity index (χ3n) is 1.69.